The minimum absolute atomic E-state index is 0.300. The van der Waals surface area contributed by atoms with Crippen molar-refractivity contribution in [2.75, 3.05) is 39.9 Å². The van der Waals surface area contributed by atoms with Crippen LogP contribution >= 0.6 is 0 Å². The number of guanidine groups is 1. The van der Waals surface area contributed by atoms with Crippen LogP contribution in [-0.2, 0) is 16.0 Å². The van der Waals surface area contributed by atoms with E-state index in [1.807, 2.05) is 13.1 Å². The van der Waals surface area contributed by atoms with Gasteiger partial charge in [-0.15, -0.1) is 0 Å². The minimum Gasteiger partial charge on any atom is -0.376 e. The van der Waals surface area contributed by atoms with Gasteiger partial charge in [-0.1, -0.05) is 12.1 Å². The van der Waals surface area contributed by atoms with Gasteiger partial charge in [0.1, 0.15) is 5.82 Å². The third-order valence-corrected chi connectivity index (χ3v) is 6.21. The molecule has 1 N–H and O–H groups in total. The lowest BCUT2D eigenvalue weighted by molar-refractivity contribution is -0.0721. The zero-order chi connectivity index (χ0) is 20.8. The Morgan fingerprint density at radius 1 is 1.23 bits per heavy atom. The molecule has 0 saturated carbocycles. The van der Waals surface area contributed by atoms with Crippen LogP contribution in [0, 0.1) is 6.92 Å². The van der Waals surface area contributed by atoms with Gasteiger partial charge in [0.2, 0.25) is 0 Å². The molecule has 0 bridgehead atoms. The van der Waals surface area contributed by atoms with E-state index in [-0.39, 0.29) is 0 Å². The predicted octanol–water partition coefficient (Wildman–Crippen LogP) is 2.97. The lowest BCUT2D eigenvalue weighted by atomic mass is 10.1. The van der Waals surface area contributed by atoms with Gasteiger partial charge < -0.3 is 24.3 Å². The van der Waals surface area contributed by atoms with Crippen LogP contribution in [0.15, 0.2) is 29.3 Å². The molecular formula is C23H35N5O2. The second-order valence-corrected chi connectivity index (χ2v) is 8.28. The molecule has 7 heteroatoms. The number of nitrogens with one attached hydrogen (secondary N) is 1. The predicted molar refractivity (Wildman–Crippen MR) is 120 cm³/mol. The number of fused-ring (bicyclic) bond motifs is 1. The maximum Gasteiger partial charge on any atom is 0.193 e. The van der Waals surface area contributed by atoms with Crippen molar-refractivity contribution < 1.29 is 9.47 Å². The third-order valence-electron chi connectivity index (χ3n) is 6.21. The summed E-state index contributed by atoms with van der Waals surface area (Å²) in [5.74, 6) is 2.03. The number of aryl methyl sites for hydroxylation is 1. The fraction of sp³-hybridized carbons (Fsp3) is 0.652. The first kappa shape index (κ1) is 21.1. The Bertz CT molecular complexity index is 835. The number of nitrogens with zero attached hydrogens (tertiary/aromatic N) is 4. The summed E-state index contributed by atoms with van der Waals surface area (Å²) < 4.78 is 14.2. The number of piperidine rings is 1. The minimum atomic E-state index is 0.300. The van der Waals surface area contributed by atoms with Crippen molar-refractivity contribution in [3.63, 3.8) is 0 Å². The van der Waals surface area contributed by atoms with Gasteiger partial charge in [-0.2, -0.15) is 0 Å². The van der Waals surface area contributed by atoms with Gasteiger partial charge in [0, 0.05) is 39.8 Å². The van der Waals surface area contributed by atoms with Crippen LogP contribution in [0.5, 0.6) is 0 Å². The molecule has 2 fully saturated rings. The molecule has 0 spiro atoms. The van der Waals surface area contributed by atoms with Gasteiger partial charge in [-0.3, -0.25) is 4.99 Å². The van der Waals surface area contributed by atoms with E-state index in [4.69, 9.17) is 9.47 Å². The molecule has 0 amide bonds. The van der Waals surface area contributed by atoms with Gasteiger partial charge in [-0.05, 0) is 51.2 Å². The zero-order valence-corrected chi connectivity index (χ0v) is 18.3. The molecule has 2 aromatic rings. The summed E-state index contributed by atoms with van der Waals surface area (Å²) in [6.07, 6.45) is 6.32. The number of para-hydroxylation sites is 2. The molecule has 2 aliphatic rings. The molecule has 7 nitrogen and oxygen atoms in total. The van der Waals surface area contributed by atoms with E-state index in [9.17, 15) is 0 Å². The molecular weight excluding hydrogens is 378 g/mol. The lowest BCUT2D eigenvalue weighted by Crippen LogP contribution is -2.47. The quantitative estimate of drug-likeness (QED) is 0.583. The highest BCUT2D eigenvalue weighted by molar-refractivity contribution is 5.80. The van der Waals surface area contributed by atoms with Gasteiger partial charge >= 0.3 is 0 Å². The number of ether oxygens (including phenoxy) is 2. The van der Waals surface area contributed by atoms with Crippen LogP contribution in [0.2, 0.25) is 0 Å². The van der Waals surface area contributed by atoms with Crippen molar-refractivity contribution in [2.45, 2.75) is 57.8 Å². The fourth-order valence-corrected chi connectivity index (χ4v) is 4.51. The SMILES string of the molecule is CN=C(NCCn1c(C)nc2ccccc21)N1CCC(OCC2CCCCO2)CC1. The summed E-state index contributed by atoms with van der Waals surface area (Å²) in [5.41, 5.74) is 2.24. The van der Waals surface area contributed by atoms with Crippen molar-refractivity contribution in [2.24, 2.45) is 4.99 Å². The zero-order valence-electron chi connectivity index (χ0n) is 18.3. The van der Waals surface area contributed by atoms with E-state index < -0.39 is 0 Å². The number of likely N-dealkylation sites (tertiary alicyclic amines) is 1. The average Bonchev–Trinajstić information content (AvgIpc) is 3.11. The Morgan fingerprint density at radius 2 is 2.07 bits per heavy atom. The molecule has 0 aliphatic carbocycles. The second-order valence-electron chi connectivity index (χ2n) is 8.28. The second kappa shape index (κ2) is 10.3. The number of imidazole rings is 1. The smallest absolute Gasteiger partial charge is 0.193 e. The largest absolute Gasteiger partial charge is 0.376 e. The molecule has 30 heavy (non-hydrogen) atoms. The van der Waals surface area contributed by atoms with Crippen molar-refractivity contribution in [3.8, 4) is 0 Å². The Kier molecular flexibility index (Phi) is 7.23. The number of hydrogen-bond donors (Lipinski definition) is 1. The van der Waals surface area contributed by atoms with Crippen LogP contribution in [0.3, 0.4) is 0 Å². The van der Waals surface area contributed by atoms with E-state index in [2.05, 4.69) is 49.9 Å². The highest BCUT2D eigenvalue weighted by atomic mass is 16.5. The van der Waals surface area contributed by atoms with E-state index in [1.54, 1.807) is 0 Å². The molecule has 164 valence electrons. The van der Waals surface area contributed by atoms with Crippen LogP contribution in [0.25, 0.3) is 11.0 Å². The Balaban J connectivity index is 1.21. The monoisotopic (exact) mass is 413 g/mol. The summed E-state index contributed by atoms with van der Waals surface area (Å²) in [6.45, 7) is 7.35. The first-order valence-corrected chi connectivity index (χ1v) is 11.4. The highest BCUT2D eigenvalue weighted by Crippen LogP contribution is 2.18. The fourth-order valence-electron chi connectivity index (χ4n) is 4.51. The maximum atomic E-state index is 6.15. The van der Waals surface area contributed by atoms with Gasteiger partial charge in [-0.25, -0.2) is 4.98 Å². The molecule has 1 aromatic heterocycles. The topological polar surface area (TPSA) is 63.9 Å². The number of rotatable bonds is 6. The normalized spacial score (nSPS) is 21.3. The van der Waals surface area contributed by atoms with Gasteiger partial charge in [0.25, 0.3) is 0 Å². The standard InChI is InChI=1S/C23H35N5O2/c1-18-26-21-8-3-4-9-22(21)28(18)15-12-25-23(24-2)27-13-10-19(11-14-27)30-17-20-7-5-6-16-29-20/h3-4,8-9,19-20H,5-7,10-17H2,1-2H3,(H,24,25). The van der Waals surface area contributed by atoms with E-state index >= 15 is 0 Å². The Labute approximate surface area is 179 Å². The van der Waals surface area contributed by atoms with Gasteiger partial charge in [0.05, 0.1) is 29.8 Å². The molecule has 1 unspecified atom stereocenters. The number of hydrogen-bond acceptors (Lipinski definition) is 4. The third kappa shape index (κ3) is 5.13. The summed E-state index contributed by atoms with van der Waals surface area (Å²) in [7, 11) is 1.86. The molecule has 1 atom stereocenters. The summed E-state index contributed by atoms with van der Waals surface area (Å²) in [5, 5.41) is 3.53. The van der Waals surface area contributed by atoms with Gasteiger partial charge in [0.15, 0.2) is 5.96 Å². The van der Waals surface area contributed by atoms with E-state index in [0.717, 1.165) is 76.0 Å². The molecule has 1 aromatic carbocycles. The van der Waals surface area contributed by atoms with Crippen LogP contribution < -0.4 is 5.32 Å². The first-order chi connectivity index (χ1) is 14.7. The first-order valence-electron chi connectivity index (χ1n) is 11.4. The Hall–Kier alpha value is -2.12. The van der Waals surface area contributed by atoms with Crippen molar-refractivity contribution >= 4 is 17.0 Å². The summed E-state index contributed by atoms with van der Waals surface area (Å²) in [4.78, 5) is 11.5. The average molecular weight is 414 g/mol. The summed E-state index contributed by atoms with van der Waals surface area (Å²) in [6, 6.07) is 8.30. The van der Waals surface area contributed by atoms with Crippen molar-refractivity contribution in [1.82, 2.24) is 19.8 Å². The molecule has 0 radical (unpaired) electrons. The molecule has 4 rings (SSSR count). The molecule has 2 saturated heterocycles. The van der Waals surface area contributed by atoms with Crippen molar-refractivity contribution in [3.05, 3.63) is 30.1 Å². The maximum absolute atomic E-state index is 6.15. The van der Waals surface area contributed by atoms with E-state index in [1.165, 1.54) is 18.4 Å². The van der Waals surface area contributed by atoms with E-state index in [0.29, 0.717) is 12.2 Å². The molecule has 3 heterocycles. The number of benzene rings is 1. The number of aromatic nitrogens is 2. The van der Waals surface area contributed by atoms with Crippen molar-refractivity contribution in [1.29, 1.82) is 0 Å². The summed E-state index contributed by atoms with van der Waals surface area (Å²) >= 11 is 0. The van der Waals surface area contributed by atoms with Crippen LogP contribution in [0.4, 0.5) is 0 Å². The van der Waals surface area contributed by atoms with Crippen LogP contribution in [-0.4, -0.2) is 72.5 Å². The number of aliphatic imine (C=N–C) groups is 1. The highest BCUT2D eigenvalue weighted by Gasteiger charge is 2.23. The molecule has 2 aliphatic heterocycles. The van der Waals surface area contributed by atoms with Crippen LogP contribution in [0.1, 0.15) is 37.9 Å². The lowest BCUT2D eigenvalue weighted by Gasteiger charge is -2.35. The Morgan fingerprint density at radius 3 is 2.83 bits per heavy atom.